The lowest BCUT2D eigenvalue weighted by molar-refractivity contribution is -0.130. The van der Waals surface area contributed by atoms with Crippen molar-refractivity contribution in [3.8, 4) is 0 Å². The maximum atomic E-state index is 12.0. The molecular formula is C12H15Cl2NO2S2. The Hall–Kier alpha value is -0.100. The van der Waals surface area contributed by atoms with Gasteiger partial charge in [-0.15, -0.1) is 11.3 Å². The average molecular weight is 340 g/mol. The number of nitrogens with zero attached hydrogens (tertiary/aromatic N) is 1. The van der Waals surface area contributed by atoms with Crippen LogP contribution in [0.1, 0.15) is 18.4 Å². The third kappa shape index (κ3) is 4.45. The number of rotatable bonds is 4. The summed E-state index contributed by atoms with van der Waals surface area (Å²) in [5.41, 5.74) is 1.02. The van der Waals surface area contributed by atoms with Gasteiger partial charge in [0.15, 0.2) is 0 Å². The van der Waals surface area contributed by atoms with Gasteiger partial charge in [0.05, 0.1) is 8.67 Å². The molecule has 1 fully saturated rings. The van der Waals surface area contributed by atoms with E-state index >= 15 is 0 Å². The number of hydrogen-bond acceptors (Lipinski definition) is 3. The first-order chi connectivity index (χ1) is 9.06. The standard InChI is InChI=1S/C12H15Cl2NO2S2/c13-10-8-9(12(14)18-10)2-1-3-11(16)15-4-6-19(17)7-5-15/h8H,1-7H2. The maximum absolute atomic E-state index is 12.0. The second-order valence-corrected chi connectivity index (χ2v) is 8.41. The summed E-state index contributed by atoms with van der Waals surface area (Å²) in [5, 5.41) is 0. The predicted octanol–water partition coefficient (Wildman–Crippen LogP) is 2.97. The topological polar surface area (TPSA) is 37.4 Å². The number of aryl methyl sites for hydroxylation is 1. The van der Waals surface area contributed by atoms with Crippen LogP contribution in [0.4, 0.5) is 0 Å². The Morgan fingerprint density at radius 3 is 2.63 bits per heavy atom. The lowest BCUT2D eigenvalue weighted by Gasteiger charge is -2.26. The highest BCUT2D eigenvalue weighted by Gasteiger charge is 2.19. The summed E-state index contributed by atoms with van der Waals surface area (Å²) in [7, 11) is -0.738. The molecule has 1 aliphatic rings. The van der Waals surface area contributed by atoms with Crippen LogP contribution in [0, 0.1) is 0 Å². The number of amides is 1. The van der Waals surface area contributed by atoms with E-state index in [0.717, 1.165) is 18.4 Å². The van der Waals surface area contributed by atoms with Crippen LogP contribution in [0.25, 0.3) is 0 Å². The van der Waals surface area contributed by atoms with Crippen molar-refractivity contribution < 1.29 is 9.00 Å². The van der Waals surface area contributed by atoms with Crippen LogP contribution in [0.5, 0.6) is 0 Å². The van der Waals surface area contributed by atoms with Crippen LogP contribution in [-0.2, 0) is 22.0 Å². The SMILES string of the molecule is O=C(CCCc1cc(Cl)sc1Cl)N1CCS(=O)CC1. The molecule has 1 aliphatic heterocycles. The molecular weight excluding hydrogens is 325 g/mol. The first kappa shape index (κ1) is 15.3. The molecule has 0 aromatic carbocycles. The van der Waals surface area contributed by atoms with Crippen molar-refractivity contribution in [2.45, 2.75) is 19.3 Å². The molecule has 2 heterocycles. The molecule has 1 aromatic rings. The average Bonchev–Trinajstić information content (AvgIpc) is 2.68. The predicted molar refractivity (Wildman–Crippen MR) is 81.7 cm³/mol. The zero-order chi connectivity index (χ0) is 13.8. The molecule has 0 spiro atoms. The van der Waals surface area contributed by atoms with Crippen molar-refractivity contribution in [3.63, 3.8) is 0 Å². The highest BCUT2D eigenvalue weighted by Crippen LogP contribution is 2.32. The van der Waals surface area contributed by atoms with E-state index in [0.29, 0.717) is 39.7 Å². The van der Waals surface area contributed by atoms with Crippen LogP contribution in [0.2, 0.25) is 8.67 Å². The van der Waals surface area contributed by atoms with Crippen LogP contribution < -0.4 is 0 Å². The summed E-state index contributed by atoms with van der Waals surface area (Å²) < 4.78 is 12.6. The zero-order valence-electron chi connectivity index (χ0n) is 10.4. The molecule has 1 amide bonds. The summed E-state index contributed by atoms with van der Waals surface area (Å²) in [5.74, 6) is 1.37. The molecule has 1 aromatic heterocycles. The smallest absolute Gasteiger partial charge is 0.222 e. The first-order valence-corrected chi connectivity index (χ1v) is 9.19. The van der Waals surface area contributed by atoms with Crippen molar-refractivity contribution in [3.05, 3.63) is 20.3 Å². The summed E-state index contributed by atoms with van der Waals surface area (Å²) >= 11 is 13.3. The minimum Gasteiger partial charge on any atom is -0.341 e. The Kier molecular flexibility index (Phi) is 5.69. The third-order valence-electron chi connectivity index (χ3n) is 3.09. The van der Waals surface area contributed by atoms with Crippen molar-refractivity contribution in [1.82, 2.24) is 4.90 Å². The van der Waals surface area contributed by atoms with Gasteiger partial charge in [0.2, 0.25) is 5.91 Å². The molecule has 0 saturated carbocycles. The number of thiophene rings is 1. The van der Waals surface area contributed by atoms with E-state index in [1.165, 1.54) is 11.3 Å². The van der Waals surface area contributed by atoms with Gasteiger partial charge < -0.3 is 4.90 Å². The van der Waals surface area contributed by atoms with Gasteiger partial charge in [-0.05, 0) is 24.5 Å². The Morgan fingerprint density at radius 1 is 1.37 bits per heavy atom. The summed E-state index contributed by atoms with van der Waals surface area (Å²) in [6, 6.07) is 1.86. The van der Waals surface area contributed by atoms with E-state index in [1.54, 1.807) is 0 Å². The molecule has 2 rings (SSSR count). The molecule has 1 saturated heterocycles. The number of carbonyl (C=O) groups excluding carboxylic acids is 1. The lowest BCUT2D eigenvalue weighted by atomic mass is 10.1. The fourth-order valence-corrected chi connectivity index (χ4v) is 4.62. The molecule has 0 radical (unpaired) electrons. The Labute approximate surface area is 129 Å². The van der Waals surface area contributed by atoms with Crippen LogP contribution >= 0.6 is 34.5 Å². The fourth-order valence-electron chi connectivity index (χ4n) is 2.02. The van der Waals surface area contributed by atoms with Gasteiger partial charge in [-0.1, -0.05) is 23.2 Å². The molecule has 0 N–H and O–H groups in total. The Bertz CT molecular complexity index is 480. The second-order valence-electron chi connectivity index (χ2n) is 4.43. The Morgan fingerprint density at radius 2 is 2.05 bits per heavy atom. The molecule has 7 heteroatoms. The molecule has 0 aliphatic carbocycles. The molecule has 3 nitrogen and oxygen atoms in total. The molecule has 19 heavy (non-hydrogen) atoms. The Balaban J connectivity index is 1.75. The number of halogens is 2. The fraction of sp³-hybridized carbons (Fsp3) is 0.583. The maximum Gasteiger partial charge on any atom is 0.222 e. The number of hydrogen-bond donors (Lipinski definition) is 0. The first-order valence-electron chi connectivity index (χ1n) is 6.12. The van der Waals surface area contributed by atoms with E-state index in [4.69, 9.17) is 23.2 Å². The van der Waals surface area contributed by atoms with Crippen LogP contribution in [0.15, 0.2) is 6.07 Å². The van der Waals surface area contributed by atoms with E-state index in [1.807, 2.05) is 11.0 Å². The van der Waals surface area contributed by atoms with Gasteiger partial charge >= 0.3 is 0 Å². The lowest BCUT2D eigenvalue weighted by Crippen LogP contribution is -2.41. The van der Waals surface area contributed by atoms with Crippen molar-refractivity contribution in [1.29, 1.82) is 0 Å². The van der Waals surface area contributed by atoms with Crippen molar-refractivity contribution in [2.75, 3.05) is 24.6 Å². The summed E-state index contributed by atoms with van der Waals surface area (Å²) in [6.07, 6.45) is 2.05. The van der Waals surface area contributed by atoms with Gasteiger partial charge in [-0.2, -0.15) is 0 Å². The van der Waals surface area contributed by atoms with E-state index in [-0.39, 0.29) is 5.91 Å². The van der Waals surface area contributed by atoms with E-state index in [9.17, 15) is 9.00 Å². The van der Waals surface area contributed by atoms with Gasteiger partial charge in [0.1, 0.15) is 0 Å². The van der Waals surface area contributed by atoms with E-state index in [2.05, 4.69) is 0 Å². The van der Waals surface area contributed by atoms with Crippen molar-refractivity contribution >= 4 is 51.2 Å². The van der Waals surface area contributed by atoms with Gasteiger partial charge in [-0.3, -0.25) is 9.00 Å². The molecule has 106 valence electrons. The van der Waals surface area contributed by atoms with Crippen molar-refractivity contribution in [2.24, 2.45) is 0 Å². The van der Waals surface area contributed by atoms with Crippen LogP contribution in [-0.4, -0.2) is 39.6 Å². The zero-order valence-corrected chi connectivity index (χ0v) is 13.5. The van der Waals surface area contributed by atoms with E-state index < -0.39 is 10.8 Å². The second kappa shape index (κ2) is 7.07. The van der Waals surface area contributed by atoms with Gasteiger partial charge in [0.25, 0.3) is 0 Å². The minimum absolute atomic E-state index is 0.147. The quantitative estimate of drug-likeness (QED) is 0.845. The van der Waals surface area contributed by atoms with Gasteiger partial charge in [0, 0.05) is 41.8 Å². The van der Waals surface area contributed by atoms with Crippen LogP contribution in [0.3, 0.4) is 0 Å². The minimum atomic E-state index is -0.738. The normalized spacial score (nSPS) is 16.8. The highest BCUT2D eigenvalue weighted by atomic mass is 35.5. The monoisotopic (exact) mass is 339 g/mol. The largest absolute Gasteiger partial charge is 0.341 e. The van der Waals surface area contributed by atoms with Gasteiger partial charge in [-0.25, -0.2) is 0 Å². The summed E-state index contributed by atoms with van der Waals surface area (Å²) in [4.78, 5) is 13.8. The molecule has 0 unspecified atom stereocenters. The molecule has 0 bridgehead atoms. The molecule has 0 atom stereocenters. The number of carbonyl (C=O) groups is 1. The highest BCUT2D eigenvalue weighted by molar-refractivity contribution is 7.85. The third-order valence-corrected chi connectivity index (χ3v) is 5.94. The summed E-state index contributed by atoms with van der Waals surface area (Å²) in [6.45, 7) is 1.24.